The normalized spacial score (nSPS) is 17.2. The lowest BCUT2D eigenvalue weighted by Crippen LogP contribution is -2.48. The quantitative estimate of drug-likeness (QED) is 0.673. The zero-order valence-electron chi connectivity index (χ0n) is 16.2. The van der Waals surface area contributed by atoms with Crippen molar-refractivity contribution in [2.45, 2.75) is 25.4 Å². The number of thiophene rings is 1. The first-order valence-corrected chi connectivity index (χ1v) is 10.6. The van der Waals surface area contributed by atoms with Crippen LogP contribution in [0.1, 0.15) is 23.4 Å². The lowest BCUT2D eigenvalue weighted by Gasteiger charge is -2.34. The van der Waals surface area contributed by atoms with Crippen molar-refractivity contribution >= 4 is 17.2 Å². The number of amides is 1. The standard InChI is InChI=1S/C21H28FN3O2S/c1-16(21(26)23-9-8-17-4-6-18(22)7-5-17)24-15-19(20-3-2-14-28-20)25-10-12-27-13-11-25/h2-7,14,16,19,24H,8-13,15H2,1H3,(H,23,26). The highest BCUT2D eigenvalue weighted by Gasteiger charge is 2.24. The number of benzene rings is 1. The van der Waals surface area contributed by atoms with Crippen LogP contribution < -0.4 is 10.6 Å². The van der Waals surface area contributed by atoms with Crippen molar-refractivity contribution in [3.8, 4) is 0 Å². The van der Waals surface area contributed by atoms with Gasteiger partial charge < -0.3 is 15.4 Å². The van der Waals surface area contributed by atoms with Gasteiger partial charge in [0.2, 0.25) is 5.91 Å². The number of nitrogens with one attached hydrogen (secondary N) is 2. The van der Waals surface area contributed by atoms with Gasteiger partial charge in [0, 0.05) is 31.1 Å². The van der Waals surface area contributed by atoms with Gasteiger partial charge in [-0.15, -0.1) is 11.3 Å². The van der Waals surface area contributed by atoms with Gasteiger partial charge >= 0.3 is 0 Å². The average Bonchev–Trinajstić information content (AvgIpc) is 3.25. The van der Waals surface area contributed by atoms with Crippen LogP contribution in [0.5, 0.6) is 0 Å². The summed E-state index contributed by atoms with van der Waals surface area (Å²) in [4.78, 5) is 16.1. The summed E-state index contributed by atoms with van der Waals surface area (Å²) < 4.78 is 18.4. The number of hydrogen-bond acceptors (Lipinski definition) is 5. The third kappa shape index (κ3) is 6.10. The van der Waals surface area contributed by atoms with Crippen LogP contribution in [0.3, 0.4) is 0 Å². The highest BCUT2D eigenvalue weighted by atomic mass is 32.1. The molecule has 1 fully saturated rings. The molecule has 7 heteroatoms. The predicted molar refractivity (Wildman–Crippen MR) is 110 cm³/mol. The smallest absolute Gasteiger partial charge is 0.236 e. The van der Waals surface area contributed by atoms with Crippen LogP contribution in [0.4, 0.5) is 4.39 Å². The van der Waals surface area contributed by atoms with E-state index in [1.54, 1.807) is 23.5 Å². The van der Waals surface area contributed by atoms with E-state index >= 15 is 0 Å². The largest absolute Gasteiger partial charge is 0.379 e. The van der Waals surface area contributed by atoms with Crippen molar-refractivity contribution < 1.29 is 13.9 Å². The molecule has 0 radical (unpaired) electrons. The topological polar surface area (TPSA) is 53.6 Å². The minimum absolute atomic E-state index is 0.0194. The third-order valence-corrected chi connectivity index (χ3v) is 5.97. The lowest BCUT2D eigenvalue weighted by molar-refractivity contribution is -0.122. The molecule has 1 amide bonds. The minimum Gasteiger partial charge on any atom is -0.379 e. The van der Waals surface area contributed by atoms with Gasteiger partial charge in [-0.2, -0.15) is 0 Å². The summed E-state index contributed by atoms with van der Waals surface area (Å²) in [5.74, 6) is -0.264. The molecule has 2 N–H and O–H groups in total. The Morgan fingerprint density at radius 3 is 2.68 bits per heavy atom. The Morgan fingerprint density at radius 2 is 2.00 bits per heavy atom. The van der Waals surface area contributed by atoms with E-state index in [4.69, 9.17) is 4.74 Å². The number of rotatable bonds is 9. The maximum atomic E-state index is 12.9. The second-order valence-electron chi connectivity index (χ2n) is 6.98. The van der Waals surface area contributed by atoms with Crippen LogP contribution in [0.25, 0.3) is 0 Å². The molecule has 0 bridgehead atoms. The van der Waals surface area contributed by atoms with Gasteiger partial charge in [0.25, 0.3) is 0 Å². The number of ether oxygens (including phenoxy) is 1. The van der Waals surface area contributed by atoms with Crippen LogP contribution in [0.15, 0.2) is 41.8 Å². The Hall–Kier alpha value is -1.80. The van der Waals surface area contributed by atoms with E-state index in [0.29, 0.717) is 19.5 Å². The molecule has 2 heterocycles. The second-order valence-corrected chi connectivity index (χ2v) is 7.96. The van der Waals surface area contributed by atoms with E-state index in [0.717, 1.165) is 31.9 Å². The molecule has 1 aliphatic heterocycles. The molecule has 1 saturated heterocycles. The molecule has 1 aromatic carbocycles. The van der Waals surface area contributed by atoms with Gasteiger partial charge in [0.05, 0.1) is 25.3 Å². The van der Waals surface area contributed by atoms with Gasteiger partial charge in [-0.05, 0) is 42.5 Å². The third-order valence-electron chi connectivity index (χ3n) is 4.99. The summed E-state index contributed by atoms with van der Waals surface area (Å²) in [6.07, 6.45) is 0.685. The predicted octanol–water partition coefficient (Wildman–Crippen LogP) is 2.60. The number of carbonyl (C=O) groups excluding carboxylic acids is 1. The summed E-state index contributed by atoms with van der Waals surface area (Å²) in [6.45, 7) is 6.45. The number of morpholine rings is 1. The summed E-state index contributed by atoms with van der Waals surface area (Å²) in [5.41, 5.74) is 1.01. The molecule has 2 atom stereocenters. The molecule has 2 aromatic rings. The van der Waals surface area contributed by atoms with Crippen LogP contribution in [0, 0.1) is 5.82 Å². The molecule has 28 heavy (non-hydrogen) atoms. The fraction of sp³-hybridized carbons (Fsp3) is 0.476. The zero-order chi connectivity index (χ0) is 19.8. The number of carbonyl (C=O) groups is 1. The average molecular weight is 406 g/mol. The molecule has 0 aliphatic carbocycles. The van der Waals surface area contributed by atoms with Crippen molar-refractivity contribution in [2.75, 3.05) is 39.4 Å². The lowest BCUT2D eigenvalue weighted by atomic mass is 10.1. The first-order chi connectivity index (χ1) is 13.6. The van der Waals surface area contributed by atoms with E-state index < -0.39 is 0 Å². The molecule has 152 valence electrons. The molecule has 2 unspecified atom stereocenters. The van der Waals surface area contributed by atoms with E-state index in [1.165, 1.54) is 17.0 Å². The Morgan fingerprint density at radius 1 is 1.25 bits per heavy atom. The number of nitrogens with zero attached hydrogens (tertiary/aromatic N) is 1. The second kappa shape index (κ2) is 10.7. The van der Waals surface area contributed by atoms with Crippen LogP contribution >= 0.6 is 11.3 Å². The number of hydrogen-bond donors (Lipinski definition) is 2. The zero-order valence-corrected chi connectivity index (χ0v) is 17.0. The maximum Gasteiger partial charge on any atom is 0.236 e. The summed E-state index contributed by atoms with van der Waals surface area (Å²) in [6, 6.07) is 10.6. The fourth-order valence-electron chi connectivity index (χ4n) is 3.29. The van der Waals surface area contributed by atoms with Crippen LogP contribution in [0.2, 0.25) is 0 Å². The van der Waals surface area contributed by atoms with Crippen molar-refractivity contribution in [3.05, 3.63) is 58.0 Å². The van der Waals surface area contributed by atoms with E-state index in [9.17, 15) is 9.18 Å². The molecule has 0 spiro atoms. The molecule has 0 saturated carbocycles. The summed E-state index contributed by atoms with van der Waals surface area (Å²) >= 11 is 1.75. The first kappa shape index (κ1) is 20.9. The Labute approximate surface area is 169 Å². The Bertz CT molecular complexity index is 718. The van der Waals surface area contributed by atoms with Gasteiger partial charge in [0.15, 0.2) is 0 Å². The van der Waals surface area contributed by atoms with Crippen molar-refractivity contribution in [1.82, 2.24) is 15.5 Å². The van der Waals surface area contributed by atoms with Gasteiger partial charge in [-0.3, -0.25) is 9.69 Å². The molecule has 1 aliphatic rings. The van der Waals surface area contributed by atoms with Crippen molar-refractivity contribution in [1.29, 1.82) is 0 Å². The summed E-state index contributed by atoms with van der Waals surface area (Å²) in [5, 5.41) is 8.44. The van der Waals surface area contributed by atoms with Crippen molar-refractivity contribution in [3.63, 3.8) is 0 Å². The molecule has 3 rings (SSSR count). The maximum absolute atomic E-state index is 12.9. The molecular formula is C21H28FN3O2S. The SMILES string of the molecule is CC(NCC(c1cccs1)N1CCOCC1)C(=O)NCCc1ccc(F)cc1. The number of halogens is 1. The molecule has 5 nitrogen and oxygen atoms in total. The summed E-state index contributed by atoms with van der Waals surface area (Å²) in [7, 11) is 0. The Balaban J connectivity index is 1.45. The van der Waals surface area contributed by atoms with E-state index in [1.807, 2.05) is 6.92 Å². The highest BCUT2D eigenvalue weighted by molar-refractivity contribution is 7.10. The van der Waals surface area contributed by atoms with E-state index in [-0.39, 0.29) is 23.8 Å². The van der Waals surface area contributed by atoms with Gasteiger partial charge in [0.1, 0.15) is 5.82 Å². The van der Waals surface area contributed by atoms with Gasteiger partial charge in [-0.1, -0.05) is 18.2 Å². The highest BCUT2D eigenvalue weighted by Crippen LogP contribution is 2.25. The first-order valence-electron chi connectivity index (χ1n) is 9.74. The van der Waals surface area contributed by atoms with E-state index in [2.05, 4.69) is 33.0 Å². The fourth-order valence-corrected chi connectivity index (χ4v) is 4.16. The molecule has 1 aromatic heterocycles. The Kier molecular flexibility index (Phi) is 7.97. The van der Waals surface area contributed by atoms with Crippen molar-refractivity contribution in [2.24, 2.45) is 0 Å². The van der Waals surface area contributed by atoms with Crippen LogP contribution in [-0.2, 0) is 16.0 Å². The molecular weight excluding hydrogens is 377 g/mol. The van der Waals surface area contributed by atoms with Gasteiger partial charge in [-0.25, -0.2) is 4.39 Å². The minimum atomic E-state index is -0.281. The monoisotopic (exact) mass is 405 g/mol. The van der Waals surface area contributed by atoms with Crippen LogP contribution in [-0.4, -0.2) is 56.2 Å².